The van der Waals surface area contributed by atoms with Crippen LogP contribution in [0.1, 0.15) is 16.7 Å². The van der Waals surface area contributed by atoms with Gasteiger partial charge in [-0.3, -0.25) is 0 Å². The summed E-state index contributed by atoms with van der Waals surface area (Å²) in [5, 5.41) is 0.734. The lowest BCUT2D eigenvalue weighted by Gasteiger charge is -2.32. The van der Waals surface area contributed by atoms with Crippen molar-refractivity contribution in [1.82, 2.24) is 0 Å². The minimum Gasteiger partial charge on any atom is -0.126 e. The maximum Gasteiger partial charge on any atom is 0.0449 e. The van der Waals surface area contributed by atoms with Crippen LogP contribution >= 0.6 is 50.7 Å². The Hall–Kier alpha value is -0.210. The monoisotopic (exact) mass is 404 g/mol. The van der Waals surface area contributed by atoms with E-state index in [-0.39, 0.29) is 5.41 Å². The third kappa shape index (κ3) is 3.76. The Morgan fingerprint density at radius 3 is 2.29 bits per heavy atom. The summed E-state index contributed by atoms with van der Waals surface area (Å²) in [5.41, 5.74) is 3.14. The number of alkyl halides is 2. The zero-order chi connectivity index (χ0) is 15.5. The fourth-order valence-corrected chi connectivity index (χ4v) is 4.07. The lowest BCUT2D eigenvalue weighted by atomic mass is 9.77. The highest BCUT2D eigenvalue weighted by molar-refractivity contribution is 9.10. The van der Waals surface area contributed by atoms with Gasteiger partial charge in [-0.15, -0.1) is 23.2 Å². The highest BCUT2D eigenvalue weighted by Gasteiger charge is 2.32. The molecule has 0 amide bonds. The van der Waals surface area contributed by atoms with Crippen molar-refractivity contribution < 1.29 is 0 Å². The molecule has 112 valence electrons. The van der Waals surface area contributed by atoms with E-state index in [1.807, 2.05) is 30.3 Å². The first-order valence-corrected chi connectivity index (χ1v) is 8.88. The van der Waals surface area contributed by atoms with Crippen LogP contribution in [-0.4, -0.2) is 11.8 Å². The molecule has 0 atom stereocenters. The van der Waals surface area contributed by atoms with E-state index in [1.54, 1.807) is 0 Å². The normalized spacial score (nSPS) is 11.7. The number of hydrogen-bond donors (Lipinski definition) is 0. The third-order valence-electron chi connectivity index (χ3n) is 3.77. The van der Waals surface area contributed by atoms with E-state index in [0.717, 1.165) is 21.5 Å². The van der Waals surface area contributed by atoms with E-state index >= 15 is 0 Å². The molecule has 0 radical (unpaired) electrons. The Balaban J connectivity index is 2.46. The van der Waals surface area contributed by atoms with Gasteiger partial charge in [-0.05, 0) is 42.2 Å². The van der Waals surface area contributed by atoms with Crippen LogP contribution in [0.15, 0.2) is 46.9 Å². The molecule has 0 N–H and O–H groups in total. The molecule has 4 heteroatoms. The zero-order valence-electron chi connectivity index (χ0n) is 11.7. The van der Waals surface area contributed by atoms with E-state index in [0.29, 0.717) is 11.8 Å². The lowest BCUT2D eigenvalue weighted by Crippen LogP contribution is -2.34. The second-order valence-electron chi connectivity index (χ2n) is 5.28. The van der Waals surface area contributed by atoms with Crippen LogP contribution in [0.5, 0.6) is 0 Å². The van der Waals surface area contributed by atoms with Gasteiger partial charge in [-0.2, -0.15) is 0 Å². The van der Waals surface area contributed by atoms with E-state index in [2.05, 4.69) is 35.0 Å². The Bertz CT molecular complexity index is 621. The summed E-state index contributed by atoms with van der Waals surface area (Å²) in [7, 11) is 0. The van der Waals surface area contributed by atoms with Crippen molar-refractivity contribution in [2.45, 2.75) is 18.8 Å². The van der Waals surface area contributed by atoms with E-state index in [4.69, 9.17) is 34.8 Å². The van der Waals surface area contributed by atoms with Crippen LogP contribution < -0.4 is 0 Å². The molecule has 0 aromatic heterocycles. The van der Waals surface area contributed by atoms with Crippen LogP contribution in [0, 0.1) is 6.92 Å². The predicted octanol–water partition coefficient (Wildman–Crippen LogP) is 6.37. The van der Waals surface area contributed by atoms with Crippen LogP contribution in [0.25, 0.3) is 0 Å². The predicted molar refractivity (Wildman–Crippen MR) is 97.2 cm³/mol. The van der Waals surface area contributed by atoms with E-state index < -0.39 is 0 Å². The first-order chi connectivity index (χ1) is 10.0. The molecule has 0 aliphatic heterocycles. The van der Waals surface area contributed by atoms with Crippen LogP contribution in [0.3, 0.4) is 0 Å². The summed E-state index contributed by atoms with van der Waals surface area (Å²) in [5.74, 6) is 0.904. The number of halogens is 4. The fraction of sp³-hybridized carbons (Fsp3) is 0.294. The highest BCUT2D eigenvalue weighted by atomic mass is 79.9. The number of aryl methyl sites for hydroxylation is 1. The molecule has 0 saturated heterocycles. The molecule has 0 fully saturated rings. The van der Waals surface area contributed by atoms with Gasteiger partial charge in [-0.1, -0.05) is 57.9 Å². The molecular weight excluding hydrogens is 390 g/mol. The minimum atomic E-state index is -0.314. The average molecular weight is 407 g/mol. The van der Waals surface area contributed by atoms with Crippen molar-refractivity contribution in [3.63, 3.8) is 0 Å². The molecule has 2 aromatic carbocycles. The lowest BCUT2D eigenvalue weighted by molar-refractivity contribution is 0.533. The van der Waals surface area contributed by atoms with E-state index in [9.17, 15) is 0 Å². The Labute approximate surface area is 149 Å². The summed E-state index contributed by atoms with van der Waals surface area (Å²) >= 11 is 22.4. The molecule has 0 unspecified atom stereocenters. The van der Waals surface area contributed by atoms with Crippen molar-refractivity contribution in [2.75, 3.05) is 11.8 Å². The van der Waals surface area contributed by atoms with Gasteiger partial charge in [0.2, 0.25) is 0 Å². The second-order valence-corrected chi connectivity index (χ2v) is 7.13. The van der Waals surface area contributed by atoms with Crippen molar-refractivity contribution >= 4 is 50.7 Å². The van der Waals surface area contributed by atoms with Gasteiger partial charge >= 0.3 is 0 Å². The number of benzene rings is 2. The first kappa shape index (κ1) is 17.1. The molecule has 0 spiro atoms. The summed E-state index contributed by atoms with van der Waals surface area (Å²) < 4.78 is 0.967. The molecule has 0 bridgehead atoms. The molecule has 0 nitrogen and oxygen atoms in total. The fourth-order valence-electron chi connectivity index (χ4n) is 2.57. The van der Waals surface area contributed by atoms with Gasteiger partial charge in [0, 0.05) is 26.7 Å². The molecule has 0 aliphatic carbocycles. The van der Waals surface area contributed by atoms with Gasteiger partial charge in [0.25, 0.3) is 0 Å². The molecule has 21 heavy (non-hydrogen) atoms. The van der Waals surface area contributed by atoms with Gasteiger partial charge in [0.05, 0.1) is 0 Å². The maximum atomic E-state index is 6.36. The Kier molecular flexibility index (Phi) is 6.02. The second kappa shape index (κ2) is 7.37. The molecule has 0 aliphatic rings. The van der Waals surface area contributed by atoms with Crippen molar-refractivity contribution in [3.8, 4) is 0 Å². The summed E-state index contributed by atoms with van der Waals surface area (Å²) in [6.07, 6.45) is 0.719. The van der Waals surface area contributed by atoms with E-state index in [1.165, 1.54) is 11.1 Å². The average Bonchev–Trinajstić information content (AvgIpc) is 2.48. The summed E-state index contributed by atoms with van der Waals surface area (Å²) in [6, 6.07) is 14.2. The van der Waals surface area contributed by atoms with Gasteiger partial charge in [0.1, 0.15) is 0 Å². The zero-order valence-corrected chi connectivity index (χ0v) is 15.5. The molecular formula is C17H16BrCl3. The third-order valence-corrected chi connectivity index (χ3v) is 5.64. The van der Waals surface area contributed by atoms with Crippen LogP contribution in [-0.2, 0) is 11.8 Å². The maximum absolute atomic E-state index is 6.36. The highest BCUT2D eigenvalue weighted by Crippen LogP contribution is 2.36. The summed E-state index contributed by atoms with van der Waals surface area (Å²) in [6.45, 7) is 2.09. The molecule has 0 heterocycles. The van der Waals surface area contributed by atoms with Gasteiger partial charge in [0.15, 0.2) is 0 Å². The minimum absolute atomic E-state index is 0.314. The van der Waals surface area contributed by atoms with Gasteiger partial charge < -0.3 is 0 Å². The van der Waals surface area contributed by atoms with Crippen molar-refractivity contribution in [3.05, 3.63) is 68.7 Å². The van der Waals surface area contributed by atoms with Crippen molar-refractivity contribution in [1.29, 1.82) is 0 Å². The molecule has 0 saturated carbocycles. The Morgan fingerprint density at radius 2 is 1.71 bits per heavy atom. The van der Waals surface area contributed by atoms with Gasteiger partial charge in [-0.25, -0.2) is 0 Å². The molecule has 2 rings (SSSR count). The standard InChI is InChI=1S/C17H16BrCl3/c1-12-4-2-3-5-15(12)17(10-19,11-20)9-13-6-7-14(18)8-16(13)21/h2-8H,9-11H2,1H3. The molecule has 2 aromatic rings. The van der Waals surface area contributed by atoms with Crippen LogP contribution in [0.2, 0.25) is 5.02 Å². The topological polar surface area (TPSA) is 0 Å². The van der Waals surface area contributed by atoms with Crippen LogP contribution in [0.4, 0.5) is 0 Å². The number of rotatable bonds is 5. The Morgan fingerprint density at radius 1 is 1.05 bits per heavy atom. The summed E-state index contributed by atoms with van der Waals surface area (Å²) in [4.78, 5) is 0. The first-order valence-electron chi connectivity index (χ1n) is 6.64. The quantitative estimate of drug-likeness (QED) is 0.506. The number of hydrogen-bond acceptors (Lipinski definition) is 0. The van der Waals surface area contributed by atoms with Crippen molar-refractivity contribution in [2.24, 2.45) is 0 Å². The SMILES string of the molecule is Cc1ccccc1C(CCl)(CCl)Cc1ccc(Br)cc1Cl. The smallest absolute Gasteiger partial charge is 0.0449 e. The largest absolute Gasteiger partial charge is 0.126 e.